The number of hydrogen-bond donors (Lipinski definition) is 1. The molecule has 1 N–H and O–H groups in total. The standard InChI is InChI=1S/C17H14ClN3O3S/c18-16-10-14(5-2-13(16)11-19)20-17(22)12-3-6-15(7-4-12)21-8-1-9-25(21,23)24/h2-7,10H,1,8-9H2,(H,20,22). The van der Waals surface area contributed by atoms with Crippen LogP contribution in [0.3, 0.4) is 0 Å². The van der Waals surface area contributed by atoms with Gasteiger partial charge in [0.25, 0.3) is 5.91 Å². The Kier molecular flexibility index (Phi) is 4.66. The first-order valence-electron chi connectivity index (χ1n) is 7.52. The van der Waals surface area contributed by atoms with Gasteiger partial charge in [-0.25, -0.2) is 8.42 Å². The van der Waals surface area contributed by atoms with Gasteiger partial charge in [0.2, 0.25) is 10.0 Å². The Morgan fingerprint density at radius 3 is 2.48 bits per heavy atom. The molecule has 1 saturated heterocycles. The smallest absolute Gasteiger partial charge is 0.255 e. The van der Waals surface area contributed by atoms with E-state index in [1.54, 1.807) is 30.3 Å². The van der Waals surface area contributed by atoms with E-state index in [0.717, 1.165) is 0 Å². The molecule has 25 heavy (non-hydrogen) atoms. The number of nitrogens with zero attached hydrogens (tertiary/aromatic N) is 2. The number of halogens is 1. The van der Waals surface area contributed by atoms with Gasteiger partial charge in [0.05, 0.1) is 22.0 Å². The molecule has 8 heteroatoms. The molecule has 0 spiro atoms. The molecule has 1 heterocycles. The number of sulfonamides is 1. The second-order valence-electron chi connectivity index (χ2n) is 5.55. The third kappa shape index (κ3) is 3.60. The molecule has 128 valence electrons. The summed E-state index contributed by atoms with van der Waals surface area (Å²) in [7, 11) is -3.24. The van der Waals surface area contributed by atoms with Crippen LogP contribution in [0.2, 0.25) is 5.02 Å². The first kappa shape index (κ1) is 17.3. The van der Waals surface area contributed by atoms with Gasteiger partial charge in [-0.1, -0.05) is 11.6 Å². The molecule has 3 rings (SSSR count). The minimum absolute atomic E-state index is 0.148. The lowest BCUT2D eigenvalue weighted by atomic mass is 10.1. The van der Waals surface area contributed by atoms with Crippen molar-refractivity contribution >= 4 is 38.9 Å². The monoisotopic (exact) mass is 375 g/mol. The molecule has 1 amide bonds. The minimum atomic E-state index is -3.24. The van der Waals surface area contributed by atoms with E-state index in [2.05, 4.69) is 5.32 Å². The van der Waals surface area contributed by atoms with Crippen LogP contribution in [0.25, 0.3) is 0 Å². The molecule has 2 aromatic rings. The van der Waals surface area contributed by atoms with Crippen LogP contribution in [-0.4, -0.2) is 26.6 Å². The normalized spacial score (nSPS) is 15.6. The molecule has 0 radical (unpaired) electrons. The van der Waals surface area contributed by atoms with Crippen molar-refractivity contribution in [1.82, 2.24) is 0 Å². The number of hydrogen-bond acceptors (Lipinski definition) is 4. The minimum Gasteiger partial charge on any atom is -0.322 e. The molecular weight excluding hydrogens is 362 g/mol. The van der Waals surface area contributed by atoms with Crippen molar-refractivity contribution in [3.8, 4) is 6.07 Å². The van der Waals surface area contributed by atoms with E-state index in [4.69, 9.17) is 16.9 Å². The van der Waals surface area contributed by atoms with Crippen molar-refractivity contribution in [2.24, 2.45) is 0 Å². The highest BCUT2D eigenvalue weighted by molar-refractivity contribution is 7.93. The van der Waals surface area contributed by atoms with E-state index in [1.807, 2.05) is 6.07 Å². The lowest BCUT2D eigenvalue weighted by Gasteiger charge is -2.17. The second kappa shape index (κ2) is 6.75. The van der Waals surface area contributed by atoms with Crippen LogP contribution in [-0.2, 0) is 10.0 Å². The Balaban J connectivity index is 1.75. The summed E-state index contributed by atoms with van der Waals surface area (Å²) in [5.74, 6) is -0.203. The molecule has 0 bridgehead atoms. The number of nitriles is 1. The van der Waals surface area contributed by atoms with Crippen LogP contribution < -0.4 is 9.62 Å². The average Bonchev–Trinajstić information content (AvgIpc) is 2.94. The summed E-state index contributed by atoms with van der Waals surface area (Å²) in [4.78, 5) is 12.3. The van der Waals surface area contributed by atoms with Crippen molar-refractivity contribution in [2.45, 2.75) is 6.42 Å². The zero-order valence-electron chi connectivity index (χ0n) is 13.1. The maximum Gasteiger partial charge on any atom is 0.255 e. The molecule has 0 aliphatic carbocycles. The van der Waals surface area contributed by atoms with E-state index < -0.39 is 10.0 Å². The maximum absolute atomic E-state index is 12.3. The molecule has 0 aromatic heterocycles. The van der Waals surface area contributed by atoms with Gasteiger partial charge in [-0.3, -0.25) is 9.10 Å². The molecule has 1 aliphatic heterocycles. The molecule has 1 aliphatic rings. The van der Waals surface area contributed by atoms with Crippen molar-refractivity contribution in [1.29, 1.82) is 5.26 Å². The second-order valence-corrected chi connectivity index (χ2v) is 7.97. The lowest BCUT2D eigenvalue weighted by molar-refractivity contribution is 0.102. The maximum atomic E-state index is 12.3. The van der Waals surface area contributed by atoms with Crippen LogP contribution in [0, 0.1) is 11.3 Å². The van der Waals surface area contributed by atoms with Gasteiger partial charge in [0.1, 0.15) is 6.07 Å². The van der Waals surface area contributed by atoms with Gasteiger partial charge >= 0.3 is 0 Å². The van der Waals surface area contributed by atoms with Gasteiger partial charge in [0.15, 0.2) is 0 Å². The van der Waals surface area contributed by atoms with Crippen LogP contribution in [0.5, 0.6) is 0 Å². The van der Waals surface area contributed by atoms with Gasteiger partial charge in [-0.2, -0.15) is 5.26 Å². The zero-order valence-corrected chi connectivity index (χ0v) is 14.6. The highest BCUT2D eigenvalue weighted by Gasteiger charge is 2.28. The fourth-order valence-electron chi connectivity index (χ4n) is 2.60. The predicted octanol–water partition coefficient (Wildman–Crippen LogP) is 3.00. The lowest BCUT2D eigenvalue weighted by Crippen LogP contribution is -2.25. The van der Waals surface area contributed by atoms with Crippen LogP contribution in [0.1, 0.15) is 22.3 Å². The summed E-state index contributed by atoms with van der Waals surface area (Å²) in [6, 6.07) is 12.9. The molecule has 6 nitrogen and oxygen atoms in total. The molecule has 0 saturated carbocycles. The topological polar surface area (TPSA) is 90.3 Å². The van der Waals surface area contributed by atoms with Crippen molar-refractivity contribution in [2.75, 3.05) is 21.9 Å². The predicted molar refractivity (Wildman–Crippen MR) is 96.3 cm³/mol. The quantitative estimate of drug-likeness (QED) is 0.892. The summed E-state index contributed by atoms with van der Waals surface area (Å²) in [5, 5.41) is 11.8. The molecule has 0 atom stereocenters. The summed E-state index contributed by atoms with van der Waals surface area (Å²) >= 11 is 5.94. The molecule has 0 unspecified atom stereocenters. The van der Waals surface area contributed by atoms with Crippen molar-refractivity contribution in [3.63, 3.8) is 0 Å². The molecule has 1 fully saturated rings. The number of carbonyl (C=O) groups is 1. The Labute approximate surface area is 150 Å². The number of nitrogens with one attached hydrogen (secondary N) is 1. The van der Waals surface area contributed by atoms with Gasteiger partial charge in [-0.05, 0) is 48.9 Å². The Morgan fingerprint density at radius 1 is 1.20 bits per heavy atom. The van der Waals surface area contributed by atoms with Crippen molar-refractivity contribution in [3.05, 3.63) is 58.6 Å². The first-order valence-corrected chi connectivity index (χ1v) is 9.51. The summed E-state index contributed by atoms with van der Waals surface area (Å²) < 4.78 is 25.2. The van der Waals surface area contributed by atoms with Gasteiger partial charge < -0.3 is 5.32 Å². The van der Waals surface area contributed by atoms with Gasteiger partial charge in [-0.15, -0.1) is 0 Å². The fraction of sp³-hybridized carbons (Fsp3) is 0.176. The highest BCUT2D eigenvalue weighted by Crippen LogP contribution is 2.25. The van der Waals surface area contributed by atoms with E-state index in [0.29, 0.717) is 35.5 Å². The van der Waals surface area contributed by atoms with E-state index in [9.17, 15) is 13.2 Å². The fourth-order valence-corrected chi connectivity index (χ4v) is 4.38. The zero-order chi connectivity index (χ0) is 18.0. The first-order chi connectivity index (χ1) is 11.9. The summed E-state index contributed by atoms with van der Waals surface area (Å²) in [6.45, 7) is 0.456. The number of benzene rings is 2. The van der Waals surface area contributed by atoms with Crippen LogP contribution >= 0.6 is 11.6 Å². The Bertz CT molecular complexity index is 966. The SMILES string of the molecule is N#Cc1ccc(NC(=O)c2ccc(N3CCCS3(=O)=O)cc2)cc1Cl. The number of amides is 1. The van der Waals surface area contributed by atoms with Crippen LogP contribution in [0.4, 0.5) is 11.4 Å². The van der Waals surface area contributed by atoms with Crippen LogP contribution in [0.15, 0.2) is 42.5 Å². The third-order valence-corrected chi connectivity index (χ3v) is 6.05. The van der Waals surface area contributed by atoms with E-state index in [-0.39, 0.29) is 16.7 Å². The number of rotatable bonds is 3. The van der Waals surface area contributed by atoms with Crippen molar-refractivity contribution < 1.29 is 13.2 Å². The van der Waals surface area contributed by atoms with E-state index >= 15 is 0 Å². The Morgan fingerprint density at radius 2 is 1.92 bits per heavy atom. The molecular formula is C17H14ClN3O3S. The summed E-state index contributed by atoms with van der Waals surface area (Å²) in [6.07, 6.45) is 0.601. The number of carbonyl (C=O) groups excluding carboxylic acids is 1. The Hall–Kier alpha value is -2.56. The summed E-state index contributed by atoms with van der Waals surface area (Å²) in [5.41, 5.74) is 1.74. The van der Waals surface area contributed by atoms with Gasteiger partial charge in [0, 0.05) is 17.8 Å². The third-order valence-electron chi connectivity index (χ3n) is 3.86. The number of anilines is 2. The molecule has 2 aromatic carbocycles. The van der Waals surface area contributed by atoms with E-state index in [1.165, 1.54) is 16.4 Å². The average molecular weight is 376 g/mol. The largest absolute Gasteiger partial charge is 0.322 e. The highest BCUT2D eigenvalue weighted by atomic mass is 35.5.